The monoisotopic (exact) mass is 434 g/mol. The van der Waals surface area contributed by atoms with Crippen molar-refractivity contribution >= 4 is 6.09 Å². The summed E-state index contributed by atoms with van der Waals surface area (Å²) in [5.41, 5.74) is 0.0592. The zero-order valence-corrected chi connectivity index (χ0v) is 18.2. The molecule has 1 fully saturated rings. The molecule has 1 aliphatic rings. The molecule has 0 unspecified atom stereocenters. The van der Waals surface area contributed by atoms with Crippen LogP contribution in [0.1, 0.15) is 32.9 Å². The molecule has 8 heteroatoms. The highest BCUT2D eigenvalue weighted by molar-refractivity contribution is 5.69. The van der Waals surface area contributed by atoms with E-state index in [9.17, 15) is 13.6 Å². The predicted octanol–water partition coefficient (Wildman–Crippen LogP) is 4.57. The highest BCUT2D eigenvalue weighted by Gasteiger charge is 2.36. The van der Waals surface area contributed by atoms with Gasteiger partial charge in [-0.25, -0.2) is 13.6 Å². The van der Waals surface area contributed by atoms with Gasteiger partial charge in [-0.3, -0.25) is 9.88 Å². The first kappa shape index (κ1) is 23.1. The number of carbonyl (C=O) groups is 1. The smallest absolute Gasteiger partial charge is 0.411 e. The second kappa shape index (κ2) is 9.70. The van der Waals surface area contributed by atoms with Crippen LogP contribution in [0.4, 0.5) is 13.6 Å². The summed E-state index contributed by atoms with van der Waals surface area (Å²) in [6.45, 7) is 6.40. The van der Waals surface area contributed by atoms with Crippen LogP contribution in [0, 0.1) is 11.6 Å². The van der Waals surface area contributed by atoms with Gasteiger partial charge < -0.3 is 14.2 Å². The number of halogens is 2. The van der Waals surface area contributed by atoms with Crippen molar-refractivity contribution in [1.82, 2.24) is 9.88 Å². The molecule has 1 aromatic carbocycles. The van der Waals surface area contributed by atoms with Crippen LogP contribution in [-0.4, -0.2) is 54.0 Å². The minimum Gasteiger partial charge on any atom is -0.444 e. The van der Waals surface area contributed by atoms with E-state index in [0.717, 1.165) is 0 Å². The summed E-state index contributed by atoms with van der Waals surface area (Å²) in [5.74, 6) is -1.32. The topological polar surface area (TPSA) is 60.9 Å². The van der Waals surface area contributed by atoms with Gasteiger partial charge in [-0.1, -0.05) is 12.1 Å². The van der Waals surface area contributed by atoms with Crippen LogP contribution >= 0.6 is 0 Å². The van der Waals surface area contributed by atoms with E-state index in [1.54, 1.807) is 44.9 Å². The third-order valence-corrected chi connectivity index (χ3v) is 5.00. The Kier molecular flexibility index (Phi) is 7.23. The highest BCUT2D eigenvalue weighted by Crippen LogP contribution is 2.26. The van der Waals surface area contributed by atoms with Crippen LogP contribution in [-0.2, 0) is 20.8 Å². The molecular weight excluding hydrogens is 406 g/mol. The fraction of sp³-hybridized carbons (Fsp3) is 0.478. The molecule has 0 aliphatic carbocycles. The zero-order valence-electron chi connectivity index (χ0n) is 18.2. The molecule has 1 saturated heterocycles. The number of pyridine rings is 1. The van der Waals surface area contributed by atoms with E-state index in [-0.39, 0.29) is 24.3 Å². The quantitative estimate of drug-likeness (QED) is 0.690. The number of hydrogen-bond donors (Lipinski definition) is 0. The van der Waals surface area contributed by atoms with Crippen LogP contribution < -0.4 is 0 Å². The summed E-state index contributed by atoms with van der Waals surface area (Å²) < 4.78 is 44.9. The van der Waals surface area contributed by atoms with Gasteiger partial charge in [0.15, 0.2) is 0 Å². The minimum atomic E-state index is -0.674. The van der Waals surface area contributed by atoms with Crippen molar-refractivity contribution in [2.24, 2.45) is 0 Å². The molecule has 3 rings (SSSR count). The Morgan fingerprint density at radius 3 is 2.52 bits per heavy atom. The first-order chi connectivity index (χ1) is 14.7. The van der Waals surface area contributed by atoms with Gasteiger partial charge in [0.25, 0.3) is 0 Å². The summed E-state index contributed by atoms with van der Waals surface area (Å²) in [4.78, 5) is 18.9. The predicted molar refractivity (Wildman–Crippen MR) is 111 cm³/mol. The molecule has 1 aliphatic heterocycles. The summed E-state index contributed by atoms with van der Waals surface area (Å²) in [7, 11) is 1.60. The standard InChI is InChI=1S/C23H28F2N2O4/c1-23(2,3)31-22(28)27(19-14-30-11-10-20(19)29-4)13-16-9-8-15(12-26-16)21-17(24)6-5-7-18(21)25/h5-9,12,19-20H,10-11,13-14H2,1-4H3/t19-,20-/m1/s1. The Labute approximate surface area is 181 Å². The van der Waals surface area contributed by atoms with Crippen LogP contribution in [0.3, 0.4) is 0 Å². The number of carbonyl (C=O) groups excluding carboxylic acids is 1. The number of hydrogen-bond acceptors (Lipinski definition) is 5. The summed E-state index contributed by atoms with van der Waals surface area (Å²) in [5, 5.41) is 0. The molecule has 0 radical (unpaired) electrons. The SMILES string of the molecule is CO[C@@H]1CCOC[C@H]1N(Cc1ccc(-c2c(F)cccc2F)cn1)C(=O)OC(C)(C)C. The average Bonchev–Trinajstić information content (AvgIpc) is 2.71. The van der Waals surface area contributed by atoms with E-state index in [0.29, 0.717) is 30.9 Å². The Morgan fingerprint density at radius 1 is 1.23 bits per heavy atom. The molecule has 6 nitrogen and oxygen atoms in total. The lowest BCUT2D eigenvalue weighted by atomic mass is 10.0. The second-order valence-electron chi connectivity index (χ2n) is 8.45. The lowest BCUT2D eigenvalue weighted by molar-refractivity contribution is -0.0830. The number of amides is 1. The van der Waals surface area contributed by atoms with Gasteiger partial charge in [0.1, 0.15) is 17.2 Å². The third kappa shape index (κ3) is 5.77. The van der Waals surface area contributed by atoms with Gasteiger partial charge in [-0.05, 0) is 45.4 Å². The first-order valence-electron chi connectivity index (χ1n) is 10.2. The average molecular weight is 434 g/mol. The zero-order chi connectivity index (χ0) is 22.6. The molecular formula is C23H28F2N2O4. The van der Waals surface area contributed by atoms with Crippen molar-refractivity contribution in [2.75, 3.05) is 20.3 Å². The number of methoxy groups -OCH3 is 1. The van der Waals surface area contributed by atoms with Crippen LogP contribution in [0.25, 0.3) is 11.1 Å². The number of ether oxygens (including phenoxy) is 3. The van der Waals surface area contributed by atoms with E-state index in [1.807, 2.05) is 0 Å². The fourth-order valence-electron chi connectivity index (χ4n) is 3.52. The normalized spacial score (nSPS) is 19.2. The van der Waals surface area contributed by atoms with E-state index in [1.165, 1.54) is 24.4 Å². The minimum absolute atomic E-state index is 0.134. The lowest BCUT2D eigenvalue weighted by Gasteiger charge is -2.39. The molecule has 1 amide bonds. The Balaban J connectivity index is 1.86. The Bertz CT molecular complexity index is 879. The maximum atomic E-state index is 14.1. The van der Waals surface area contributed by atoms with Gasteiger partial charge >= 0.3 is 6.09 Å². The number of nitrogens with zero attached hydrogens (tertiary/aromatic N) is 2. The molecule has 2 aromatic rings. The van der Waals surface area contributed by atoms with Crippen molar-refractivity contribution in [2.45, 2.75) is 51.5 Å². The van der Waals surface area contributed by atoms with Crippen molar-refractivity contribution < 1.29 is 27.8 Å². The maximum Gasteiger partial charge on any atom is 0.411 e. The summed E-state index contributed by atoms with van der Waals surface area (Å²) in [6, 6.07) is 6.59. The van der Waals surface area contributed by atoms with Crippen molar-refractivity contribution in [3.63, 3.8) is 0 Å². The first-order valence-corrected chi connectivity index (χ1v) is 10.2. The molecule has 0 saturated carbocycles. The van der Waals surface area contributed by atoms with E-state index in [4.69, 9.17) is 14.2 Å². The fourth-order valence-corrected chi connectivity index (χ4v) is 3.52. The van der Waals surface area contributed by atoms with E-state index in [2.05, 4.69) is 4.98 Å². The lowest BCUT2D eigenvalue weighted by Crippen LogP contribution is -2.53. The molecule has 0 spiro atoms. The number of aromatic nitrogens is 1. The van der Waals surface area contributed by atoms with Gasteiger partial charge in [0.2, 0.25) is 0 Å². The highest BCUT2D eigenvalue weighted by atomic mass is 19.1. The van der Waals surface area contributed by atoms with Gasteiger partial charge in [0, 0.05) is 25.5 Å². The molecule has 0 bridgehead atoms. The van der Waals surface area contributed by atoms with Gasteiger partial charge in [0.05, 0.1) is 36.6 Å². The largest absolute Gasteiger partial charge is 0.444 e. The molecule has 1 aromatic heterocycles. The van der Waals surface area contributed by atoms with E-state index >= 15 is 0 Å². The number of benzene rings is 1. The molecule has 2 heterocycles. The van der Waals surface area contributed by atoms with Gasteiger partial charge in [-0.2, -0.15) is 0 Å². The van der Waals surface area contributed by atoms with E-state index < -0.39 is 23.3 Å². The van der Waals surface area contributed by atoms with Crippen LogP contribution in [0.5, 0.6) is 0 Å². The molecule has 31 heavy (non-hydrogen) atoms. The van der Waals surface area contributed by atoms with Crippen LogP contribution in [0.15, 0.2) is 36.5 Å². The van der Waals surface area contributed by atoms with Crippen molar-refractivity contribution in [3.8, 4) is 11.1 Å². The number of rotatable bonds is 5. The molecule has 168 valence electrons. The second-order valence-corrected chi connectivity index (χ2v) is 8.45. The van der Waals surface area contributed by atoms with Crippen molar-refractivity contribution in [1.29, 1.82) is 0 Å². The molecule has 0 N–H and O–H groups in total. The third-order valence-electron chi connectivity index (χ3n) is 5.00. The summed E-state index contributed by atoms with van der Waals surface area (Å²) >= 11 is 0. The van der Waals surface area contributed by atoms with Gasteiger partial charge in [-0.15, -0.1) is 0 Å². The maximum absolute atomic E-state index is 14.1. The Morgan fingerprint density at radius 2 is 1.94 bits per heavy atom. The Hall–Kier alpha value is -2.58. The van der Waals surface area contributed by atoms with Crippen LogP contribution in [0.2, 0.25) is 0 Å². The summed E-state index contributed by atoms with van der Waals surface area (Å²) in [6.07, 6.45) is 1.35. The van der Waals surface area contributed by atoms with Crippen molar-refractivity contribution in [3.05, 3.63) is 53.9 Å². The molecule has 2 atom stereocenters.